The molecular weight excluding hydrogens is 219 g/mol. The third-order valence-electron chi connectivity index (χ3n) is 1.12. The van der Waals surface area contributed by atoms with Gasteiger partial charge in [-0.15, -0.1) is 0 Å². The largest absolute Gasteiger partial charge is 0.461 e. The van der Waals surface area contributed by atoms with Gasteiger partial charge in [-0.25, -0.2) is 4.79 Å². The maximum absolute atomic E-state index is 11.9. The molecule has 0 bridgehead atoms. The molecule has 0 rings (SSSR count). The summed E-state index contributed by atoms with van der Waals surface area (Å²) in [5.41, 5.74) is -1.42. The minimum absolute atomic E-state index is 0.174. The summed E-state index contributed by atoms with van der Waals surface area (Å²) >= 11 is 0. The number of hydrogen-bond acceptors (Lipinski definition) is 5. The zero-order valence-corrected chi connectivity index (χ0v) is 7.92. The number of carbonyl (C=O) groups excluding carboxylic acids is 2. The molecule has 0 aliphatic heterocycles. The Labute approximate surface area is 82.8 Å². The van der Waals surface area contributed by atoms with E-state index in [1.165, 1.54) is 6.92 Å². The fraction of sp³-hybridized carbons (Fsp3) is 0.571. The Morgan fingerprint density at radius 3 is 2.20 bits per heavy atom. The predicted octanol–water partition coefficient (Wildman–Crippen LogP) is 0.683. The summed E-state index contributed by atoms with van der Waals surface area (Å²) in [5, 5.41) is 2.68. The van der Waals surface area contributed by atoms with Crippen LogP contribution >= 0.6 is 0 Å². The summed E-state index contributed by atoms with van der Waals surface area (Å²) < 4.78 is 40.0. The molecular formula is C7H8F3NO4. The van der Waals surface area contributed by atoms with Gasteiger partial charge in [-0.2, -0.15) is 13.2 Å². The van der Waals surface area contributed by atoms with Crippen LogP contribution in [0.4, 0.5) is 13.2 Å². The van der Waals surface area contributed by atoms with Crippen LogP contribution in [-0.2, 0) is 19.2 Å². The SMILES string of the molecule is CCOC(=O)C(=NOC)C(=O)C(F)(F)F. The molecule has 0 fully saturated rings. The fourth-order valence-corrected chi connectivity index (χ4v) is 0.596. The number of ketones is 1. The van der Waals surface area contributed by atoms with Gasteiger partial charge in [-0.3, -0.25) is 4.79 Å². The van der Waals surface area contributed by atoms with Crippen molar-refractivity contribution < 1.29 is 32.3 Å². The Balaban J connectivity index is 4.92. The van der Waals surface area contributed by atoms with Gasteiger partial charge in [0.1, 0.15) is 7.11 Å². The van der Waals surface area contributed by atoms with E-state index in [9.17, 15) is 22.8 Å². The lowest BCUT2D eigenvalue weighted by Gasteiger charge is -2.06. The Bertz CT molecular complexity index is 284. The van der Waals surface area contributed by atoms with E-state index < -0.39 is 23.6 Å². The van der Waals surface area contributed by atoms with E-state index in [2.05, 4.69) is 14.7 Å². The highest BCUT2D eigenvalue weighted by atomic mass is 19.4. The quantitative estimate of drug-likeness (QED) is 0.306. The second-order valence-electron chi connectivity index (χ2n) is 2.17. The normalized spacial score (nSPS) is 12.2. The molecule has 0 radical (unpaired) electrons. The average Bonchev–Trinajstić information content (AvgIpc) is 2.12. The minimum atomic E-state index is -5.19. The predicted molar refractivity (Wildman–Crippen MR) is 42.1 cm³/mol. The smallest absolute Gasteiger partial charge is 0.456 e. The molecule has 0 aromatic carbocycles. The number of alkyl halides is 3. The van der Waals surface area contributed by atoms with E-state index in [1.54, 1.807) is 0 Å². The highest BCUT2D eigenvalue weighted by Crippen LogP contribution is 2.17. The van der Waals surface area contributed by atoms with Crippen LogP contribution in [0.2, 0.25) is 0 Å². The summed E-state index contributed by atoms with van der Waals surface area (Å²) in [4.78, 5) is 25.5. The molecule has 0 spiro atoms. The molecule has 0 saturated carbocycles. The first kappa shape index (κ1) is 13.4. The zero-order chi connectivity index (χ0) is 12.1. The van der Waals surface area contributed by atoms with Crippen molar-refractivity contribution in [1.82, 2.24) is 0 Å². The van der Waals surface area contributed by atoms with Gasteiger partial charge in [-0.1, -0.05) is 5.16 Å². The highest BCUT2D eigenvalue weighted by molar-refractivity contribution is 6.65. The number of Topliss-reactive ketones (excluding diaryl/α,β-unsaturated/α-hetero) is 1. The number of hydrogen-bond donors (Lipinski definition) is 0. The van der Waals surface area contributed by atoms with Gasteiger partial charge < -0.3 is 9.57 Å². The average molecular weight is 227 g/mol. The summed E-state index contributed by atoms with van der Waals surface area (Å²) in [7, 11) is 0.906. The third-order valence-corrected chi connectivity index (χ3v) is 1.12. The van der Waals surface area contributed by atoms with Crippen LogP contribution in [0.25, 0.3) is 0 Å². The van der Waals surface area contributed by atoms with Gasteiger partial charge in [-0.05, 0) is 6.92 Å². The molecule has 8 heteroatoms. The molecule has 0 N–H and O–H groups in total. The van der Waals surface area contributed by atoms with Crippen molar-refractivity contribution in [2.45, 2.75) is 13.1 Å². The van der Waals surface area contributed by atoms with Crippen LogP contribution < -0.4 is 0 Å². The second-order valence-corrected chi connectivity index (χ2v) is 2.17. The van der Waals surface area contributed by atoms with Crippen molar-refractivity contribution in [3.63, 3.8) is 0 Å². The fourth-order valence-electron chi connectivity index (χ4n) is 0.596. The van der Waals surface area contributed by atoms with Gasteiger partial charge in [0.25, 0.3) is 5.78 Å². The molecule has 0 aliphatic carbocycles. The molecule has 0 aromatic rings. The van der Waals surface area contributed by atoms with Crippen molar-refractivity contribution >= 4 is 17.5 Å². The van der Waals surface area contributed by atoms with E-state index in [1.807, 2.05) is 0 Å². The molecule has 0 amide bonds. The molecule has 0 unspecified atom stereocenters. The molecule has 5 nitrogen and oxygen atoms in total. The van der Waals surface area contributed by atoms with E-state index in [-0.39, 0.29) is 6.61 Å². The van der Waals surface area contributed by atoms with Crippen LogP contribution in [0.5, 0.6) is 0 Å². The number of esters is 1. The minimum Gasteiger partial charge on any atom is -0.461 e. The third kappa shape index (κ3) is 3.96. The van der Waals surface area contributed by atoms with Crippen molar-refractivity contribution in [3.05, 3.63) is 0 Å². The lowest BCUT2D eigenvalue weighted by atomic mass is 10.2. The summed E-state index contributed by atoms with van der Waals surface area (Å²) in [5.74, 6) is -3.87. The maximum Gasteiger partial charge on any atom is 0.456 e. The lowest BCUT2D eigenvalue weighted by molar-refractivity contribution is -0.164. The number of oxime groups is 1. The van der Waals surface area contributed by atoms with E-state index in [4.69, 9.17) is 0 Å². The molecule has 0 saturated heterocycles. The molecule has 0 heterocycles. The van der Waals surface area contributed by atoms with E-state index >= 15 is 0 Å². The molecule has 0 aromatic heterocycles. The molecule has 0 atom stereocenters. The zero-order valence-electron chi connectivity index (χ0n) is 7.92. The van der Waals surface area contributed by atoms with Crippen molar-refractivity contribution in [2.75, 3.05) is 13.7 Å². The number of nitrogens with zero attached hydrogens (tertiary/aromatic N) is 1. The number of halogens is 3. The molecule has 0 aliphatic rings. The van der Waals surface area contributed by atoms with E-state index in [0.29, 0.717) is 0 Å². The van der Waals surface area contributed by atoms with Gasteiger partial charge >= 0.3 is 12.1 Å². The topological polar surface area (TPSA) is 65.0 Å². The van der Waals surface area contributed by atoms with Crippen molar-refractivity contribution in [1.29, 1.82) is 0 Å². The van der Waals surface area contributed by atoms with Gasteiger partial charge in [0, 0.05) is 0 Å². The first-order chi connectivity index (χ1) is 6.84. The first-order valence-electron chi connectivity index (χ1n) is 3.74. The van der Waals surface area contributed by atoms with Crippen LogP contribution in [-0.4, -0.2) is 37.4 Å². The van der Waals surface area contributed by atoms with Crippen LogP contribution in [0.15, 0.2) is 5.16 Å². The van der Waals surface area contributed by atoms with Gasteiger partial charge in [0.05, 0.1) is 6.61 Å². The summed E-state index contributed by atoms with van der Waals surface area (Å²) in [6.07, 6.45) is -5.19. The maximum atomic E-state index is 11.9. The Morgan fingerprint density at radius 1 is 1.33 bits per heavy atom. The number of ether oxygens (including phenoxy) is 1. The molecule has 15 heavy (non-hydrogen) atoms. The summed E-state index contributed by atoms with van der Waals surface area (Å²) in [6, 6.07) is 0. The monoisotopic (exact) mass is 227 g/mol. The van der Waals surface area contributed by atoms with Crippen molar-refractivity contribution in [3.8, 4) is 0 Å². The standard InChI is InChI=1S/C7H8F3NO4/c1-3-15-6(13)4(11-14-2)5(12)7(8,9)10/h3H2,1-2H3. The summed E-state index contributed by atoms with van der Waals surface area (Å²) in [6.45, 7) is 1.20. The van der Waals surface area contributed by atoms with Crippen LogP contribution in [0, 0.1) is 0 Å². The second kappa shape index (κ2) is 5.32. The van der Waals surface area contributed by atoms with Crippen molar-refractivity contribution in [2.24, 2.45) is 5.16 Å². The van der Waals surface area contributed by atoms with Gasteiger partial charge in [0.2, 0.25) is 5.71 Å². The van der Waals surface area contributed by atoms with Crippen LogP contribution in [0.3, 0.4) is 0 Å². The van der Waals surface area contributed by atoms with E-state index in [0.717, 1.165) is 7.11 Å². The Morgan fingerprint density at radius 2 is 1.87 bits per heavy atom. The Hall–Kier alpha value is -1.60. The first-order valence-corrected chi connectivity index (χ1v) is 3.74. The molecule has 86 valence electrons. The number of carbonyl (C=O) groups is 2. The lowest BCUT2D eigenvalue weighted by Crippen LogP contribution is -2.37. The van der Waals surface area contributed by atoms with Gasteiger partial charge in [0.15, 0.2) is 0 Å². The van der Waals surface area contributed by atoms with Crippen LogP contribution in [0.1, 0.15) is 6.92 Å². The Kier molecular flexibility index (Phi) is 4.75. The number of rotatable bonds is 4. The highest BCUT2D eigenvalue weighted by Gasteiger charge is 2.45.